The van der Waals surface area contributed by atoms with Gasteiger partial charge in [-0.15, -0.1) is 0 Å². The zero-order valence-electron chi connectivity index (χ0n) is 17.8. The van der Waals surface area contributed by atoms with Crippen LogP contribution in [0.2, 0.25) is 0 Å². The summed E-state index contributed by atoms with van der Waals surface area (Å²) in [6.07, 6.45) is 7.23. The van der Waals surface area contributed by atoms with Crippen LogP contribution in [0, 0.1) is 5.92 Å². The average Bonchev–Trinajstić information content (AvgIpc) is 3.02. The zero-order chi connectivity index (χ0) is 21.7. The number of nitrogens with zero attached hydrogens (tertiary/aromatic N) is 4. The van der Waals surface area contributed by atoms with Crippen molar-refractivity contribution in [2.24, 2.45) is 5.92 Å². The number of anilines is 2. The van der Waals surface area contributed by atoms with Crippen LogP contribution < -0.4 is 10.2 Å². The molecule has 30 heavy (non-hydrogen) atoms. The standard InChI is InChI=1S/C20H31N5O4S/c1-13-11-14-12-21-19(22-15-6-9-24(10-7-15)30(3,28)29)23-17(14)25(18(13)26)16-5-4-8-20(16,2)27/h12-13,15-16,27H,4-11H2,1-3H3,(H,21,22,23)/t13?,16-,20-/m1/s1. The van der Waals surface area contributed by atoms with Gasteiger partial charge in [-0.1, -0.05) is 6.92 Å². The Hall–Kier alpha value is -1.78. The predicted octanol–water partition coefficient (Wildman–Crippen LogP) is 1.14. The lowest BCUT2D eigenvalue weighted by atomic mass is 9.91. The molecule has 1 aromatic heterocycles. The van der Waals surface area contributed by atoms with Crippen LogP contribution >= 0.6 is 0 Å². The number of hydrogen-bond donors (Lipinski definition) is 2. The Morgan fingerprint density at radius 3 is 2.57 bits per heavy atom. The Bertz CT molecular complexity index is 927. The van der Waals surface area contributed by atoms with Crippen molar-refractivity contribution in [1.29, 1.82) is 0 Å². The molecule has 1 unspecified atom stereocenters. The van der Waals surface area contributed by atoms with Crippen LogP contribution in [0.5, 0.6) is 0 Å². The van der Waals surface area contributed by atoms with Gasteiger partial charge in [-0.3, -0.25) is 9.69 Å². The molecule has 1 amide bonds. The highest BCUT2D eigenvalue weighted by Crippen LogP contribution is 2.40. The number of piperidine rings is 1. The first-order valence-corrected chi connectivity index (χ1v) is 12.5. The van der Waals surface area contributed by atoms with Crippen LogP contribution in [0.4, 0.5) is 11.8 Å². The molecule has 3 atom stereocenters. The maximum atomic E-state index is 13.1. The second-order valence-electron chi connectivity index (χ2n) is 9.20. The van der Waals surface area contributed by atoms with E-state index in [1.165, 1.54) is 10.6 Å². The third-order valence-corrected chi connectivity index (χ3v) is 8.00. The molecule has 1 aliphatic carbocycles. The summed E-state index contributed by atoms with van der Waals surface area (Å²) in [5.74, 6) is 0.866. The first-order chi connectivity index (χ1) is 14.1. The summed E-state index contributed by atoms with van der Waals surface area (Å²) in [5, 5.41) is 14.2. The molecule has 166 valence electrons. The van der Waals surface area contributed by atoms with Gasteiger partial charge in [-0.2, -0.15) is 4.98 Å². The Morgan fingerprint density at radius 2 is 1.97 bits per heavy atom. The highest BCUT2D eigenvalue weighted by molar-refractivity contribution is 7.88. The molecule has 0 spiro atoms. The molecule has 10 heteroatoms. The number of fused-ring (bicyclic) bond motifs is 1. The number of rotatable bonds is 4. The van der Waals surface area contributed by atoms with E-state index >= 15 is 0 Å². The number of carbonyl (C=O) groups excluding carboxylic acids is 1. The van der Waals surface area contributed by atoms with E-state index in [9.17, 15) is 18.3 Å². The maximum absolute atomic E-state index is 13.1. The molecule has 3 heterocycles. The zero-order valence-corrected chi connectivity index (χ0v) is 18.7. The molecule has 2 fully saturated rings. The van der Waals surface area contributed by atoms with E-state index in [1.807, 2.05) is 6.92 Å². The molecular formula is C20H31N5O4S. The molecule has 0 radical (unpaired) electrons. The average molecular weight is 438 g/mol. The molecule has 1 aromatic rings. The van der Waals surface area contributed by atoms with E-state index in [0.29, 0.717) is 50.5 Å². The van der Waals surface area contributed by atoms with Crippen LogP contribution in [0.15, 0.2) is 6.20 Å². The summed E-state index contributed by atoms with van der Waals surface area (Å²) in [6, 6.07) is -0.213. The predicted molar refractivity (Wildman–Crippen MR) is 114 cm³/mol. The minimum Gasteiger partial charge on any atom is -0.388 e. The highest BCUT2D eigenvalue weighted by Gasteiger charge is 2.46. The summed E-state index contributed by atoms with van der Waals surface area (Å²) in [4.78, 5) is 23.9. The summed E-state index contributed by atoms with van der Waals surface area (Å²) < 4.78 is 24.9. The third-order valence-electron chi connectivity index (χ3n) is 6.70. The van der Waals surface area contributed by atoms with Gasteiger partial charge in [-0.05, 0) is 45.4 Å². The quantitative estimate of drug-likeness (QED) is 0.726. The topological polar surface area (TPSA) is 116 Å². The Labute approximate surface area is 177 Å². The Balaban J connectivity index is 1.55. The summed E-state index contributed by atoms with van der Waals surface area (Å²) in [7, 11) is -3.17. The van der Waals surface area contributed by atoms with Gasteiger partial charge < -0.3 is 10.4 Å². The molecule has 3 aliphatic rings. The SMILES string of the molecule is CC1Cc2cnc(NC3CCN(S(C)(=O)=O)CC3)nc2N([C@@H]2CCC[C@@]2(C)O)C1=O. The third kappa shape index (κ3) is 4.04. The van der Waals surface area contributed by atoms with Crippen molar-refractivity contribution in [2.45, 2.75) is 70.1 Å². The lowest BCUT2D eigenvalue weighted by Gasteiger charge is -2.40. The molecule has 2 aliphatic heterocycles. The smallest absolute Gasteiger partial charge is 0.231 e. The van der Waals surface area contributed by atoms with Gasteiger partial charge in [-0.25, -0.2) is 17.7 Å². The molecule has 0 aromatic carbocycles. The molecule has 0 bridgehead atoms. The van der Waals surface area contributed by atoms with Crippen LogP contribution in [0.3, 0.4) is 0 Å². The first kappa shape index (κ1) is 21.5. The maximum Gasteiger partial charge on any atom is 0.231 e. The second-order valence-corrected chi connectivity index (χ2v) is 11.2. The van der Waals surface area contributed by atoms with Gasteiger partial charge in [0.1, 0.15) is 5.82 Å². The monoisotopic (exact) mass is 437 g/mol. The van der Waals surface area contributed by atoms with Crippen molar-refractivity contribution < 1.29 is 18.3 Å². The molecule has 9 nitrogen and oxygen atoms in total. The molecule has 2 N–H and O–H groups in total. The van der Waals surface area contributed by atoms with Crippen LogP contribution in [-0.2, 0) is 21.2 Å². The largest absolute Gasteiger partial charge is 0.388 e. The van der Waals surface area contributed by atoms with Gasteiger partial charge in [0.2, 0.25) is 21.9 Å². The van der Waals surface area contributed by atoms with Crippen LogP contribution in [0.1, 0.15) is 51.5 Å². The highest BCUT2D eigenvalue weighted by atomic mass is 32.2. The van der Waals surface area contributed by atoms with Gasteiger partial charge in [0.15, 0.2) is 0 Å². The molecular weight excluding hydrogens is 406 g/mol. The molecule has 1 saturated heterocycles. The summed E-state index contributed by atoms with van der Waals surface area (Å²) in [6.45, 7) is 4.64. The van der Waals surface area contributed by atoms with E-state index in [4.69, 9.17) is 4.98 Å². The fourth-order valence-electron chi connectivity index (χ4n) is 4.93. The van der Waals surface area contributed by atoms with Crippen LogP contribution in [-0.4, -0.2) is 70.7 Å². The Kier molecular flexibility index (Phi) is 5.52. The second kappa shape index (κ2) is 7.72. The number of nitrogens with one attached hydrogen (secondary N) is 1. The number of amides is 1. The fourth-order valence-corrected chi connectivity index (χ4v) is 5.81. The number of aliphatic hydroxyl groups is 1. The minimum absolute atomic E-state index is 0.000727. The normalized spacial score (nSPS) is 31.1. The van der Waals surface area contributed by atoms with Crippen molar-refractivity contribution in [2.75, 3.05) is 29.6 Å². The van der Waals surface area contributed by atoms with Gasteiger partial charge in [0, 0.05) is 36.8 Å². The van der Waals surface area contributed by atoms with E-state index in [-0.39, 0.29) is 23.9 Å². The first-order valence-electron chi connectivity index (χ1n) is 10.7. The fraction of sp³-hybridized carbons (Fsp3) is 0.750. The summed E-state index contributed by atoms with van der Waals surface area (Å²) >= 11 is 0. The molecule has 4 rings (SSSR count). The van der Waals surface area contributed by atoms with Gasteiger partial charge in [0.05, 0.1) is 17.9 Å². The van der Waals surface area contributed by atoms with Gasteiger partial charge in [0.25, 0.3) is 0 Å². The Morgan fingerprint density at radius 1 is 1.27 bits per heavy atom. The lowest BCUT2D eigenvalue weighted by molar-refractivity contribution is -0.124. The van der Waals surface area contributed by atoms with Crippen molar-refractivity contribution in [1.82, 2.24) is 14.3 Å². The van der Waals surface area contributed by atoms with E-state index in [0.717, 1.165) is 18.4 Å². The van der Waals surface area contributed by atoms with Crippen molar-refractivity contribution in [3.05, 3.63) is 11.8 Å². The summed E-state index contributed by atoms with van der Waals surface area (Å²) in [5.41, 5.74) is -0.0108. The number of sulfonamides is 1. The van der Waals surface area contributed by atoms with E-state index < -0.39 is 15.6 Å². The number of hydrogen-bond acceptors (Lipinski definition) is 7. The van der Waals surface area contributed by atoms with E-state index in [2.05, 4.69) is 10.3 Å². The van der Waals surface area contributed by atoms with Crippen molar-refractivity contribution in [3.8, 4) is 0 Å². The minimum atomic E-state index is -3.17. The number of carbonyl (C=O) groups is 1. The van der Waals surface area contributed by atoms with E-state index in [1.54, 1.807) is 18.0 Å². The van der Waals surface area contributed by atoms with Crippen molar-refractivity contribution in [3.63, 3.8) is 0 Å². The van der Waals surface area contributed by atoms with Gasteiger partial charge >= 0.3 is 0 Å². The van der Waals surface area contributed by atoms with Crippen molar-refractivity contribution >= 4 is 27.7 Å². The number of aromatic nitrogens is 2. The lowest BCUT2D eigenvalue weighted by Crippen LogP contribution is -2.54. The van der Waals surface area contributed by atoms with Crippen LogP contribution in [0.25, 0.3) is 0 Å². The molecule has 1 saturated carbocycles.